The summed E-state index contributed by atoms with van der Waals surface area (Å²) in [5, 5.41) is 5.79. The quantitative estimate of drug-likeness (QED) is 0.833. The monoisotopic (exact) mass is 310 g/mol. The Labute approximate surface area is 126 Å². The van der Waals surface area contributed by atoms with Gasteiger partial charge in [0.05, 0.1) is 11.7 Å². The van der Waals surface area contributed by atoms with E-state index in [-0.39, 0.29) is 16.8 Å². The van der Waals surface area contributed by atoms with E-state index in [1.54, 1.807) is 25.1 Å². The number of nitrogens with one attached hydrogen (secondary N) is 2. The first-order chi connectivity index (χ1) is 9.97. The third-order valence-corrected chi connectivity index (χ3v) is 3.13. The molecule has 0 saturated carbocycles. The van der Waals surface area contributed by atoms with Gasteiger partial charge in [0.15, 0.2) is 16.7 Å². The number of thiocarbonyl (C=S) groups is 1. The van der Waals surface area contributed by atoms with Crippen LogP contribution in [-0.2, 0) is 0 Å². The Bertz CT molecular complexity index is 661. The van der Waals surface area contributed by atoms with Crippen molar-refractivity contribution in [3.63, 3.8) is 0 Å². The third kappa shape index (κ3) is 3.95. The van der Waals surface area contributed by atoms with E-state index in [2.05, 4.69) is 10.6 Å². The van der Waals surface area contributed by atoms with Crippen LogP contribution in [0.4, 0.5) is 18.9 Å². The van der Waals surface area contributed by atoms with E-state index in [0.29, 0.717) is 5.56 Å². The Kier molecular flexibility index (Phi) is 4.80. The van der Waals surface area contributed by atoms with Crippen molar-refractivity contribution in [2.45, 2.75) is 13.0 Å². The predicted molar refractivity (Wildman–Crippen MR) is 80.5 cm³/mol. The van der Waals surface area contributed by atoms with E-state index in [1.165, 1.54) is 12.1 Å². The highest BCUT2D eigenvalue weighted by atomic mass is 32.1. The lowest BCUT2D eigenvalue weighted by atomic mass is 10.1. The van der Waals surface area contributed by atoms with Crippen LogP contribution in [0.15, 0.2) is 42.5 Å². The van der Waals surface area contributed by atoms with Gasteiger partial charge in [-0.25, -0.2) is 13.2 Å². The summed E-state index contributed by atoms with van der Waals surface area (Å²) in [4.78, 5) is 0. The molecule has 6 heteroatoms. The van der Waals surface area contributed by atoms with Crippen molar-refractivity contribution < 1.29 is 13.2 Å². The van der Waals surface area contributed by atoms with Crippen molar-refractivity contribution in [3.05, 3.63) is 65.5 Å². The van der Waals surface area contributed by atoms with Gasteiger partial charge < -0.3 is 10.6 Å². The number of rotatable bonds is 3. The Balaban J connectivity index is 2.02. The summed E-state index contributed by atoms with van der Waals surface area (Å²) < 4.78 is 39.5. The van der Waals surface area contributed by atoms with Crippen LogP contribution in [-0.4, -0.2) is 5.11 Å². The van der Waals surface area contributed by atoms with Gasteiger partial charge in [0.2, 0.25) is 0 Å². The van der Waals surface area contributed by atoms with Crippen LogP contribution < -0.4 is 10.6 Å². The molecule has 2 aromatic carbocycles. The first-order valence-electron chi connectivity index (χ1n) is 6.24. The maximum absolute atomic E-state index is 13.5. The molecular formula is C15H13F3N2S. The summed E-state index contributed by atoms with van der Waals surface area (Å²) in [6, 6.07) is 9.35. The van der Waals surface area contributed by atoms with Gasteiger partial charge in [-0.1, -0.05) is 18.2 Å². The molecule has 1 atom stereocenters. The molecule has 0 aliphatic heterocycles. The SMILES string of the molecule is C[C@H](NC(=S)Nc1ccccc1F)c1ccc(F)c(F)c1. The normalized spacial score (nSPS) is 11.8. The molecule has 0 aromatic heterocycles. The zero-order chi connectivity index (χ0) is 15.4. The topological polar surface area (TPSA) is 24.1 Å². The number of hydrogen-bond acceptors (Lipinski definition) is 1. The molecular weight excluding hydrogens is 297 g/mol. The molecule has 110 valence electrons. The van der Waals surface area contributed by atoms with Crippen LogP contribution in [0.5, 0.6) is 0 Å². The van der Waals surface area contributed by atoms with Gasteiger partial charge in [-0.05, 0) is 49.0 Å². The third-order valence-electron chi connectivity index (χ3n) is 2.91. The largest absolute Gasteiger partial charge is 0.356 e. The van der Waals surface area contributed by atoms with Gasteiger partial charge in [-0.3, -0.25) is 0 Å². The second-order valence-corrected chi connectivity index (χ2v) is 4.88. The van der Waals surface area contributed by atoms with Gasteiger partial charge >= 0.3 is 0 Å². The lowest BCUT2D eigenvalue weighted by molar-refractivity contribution is 0.505. The minimum Gasteiger partial charge on any atom is -0.356 e. The van der Waals surface area contributed by atoms with Crippen molar-refractivity contribution in [1.29, 1.82) is 0 Å². The molecule has 0 aliphatic carbocycles. The highest BCUT2D eigenvalue weighted by Gasteiger charge is 2.11. The van der Waals surface area contributed by atoms with Gasteiger partial charge in [0, 0.05) is 0 Å². The smallest absolute Gasteiger partial charge is 0.171 e. The molecule has 2 rings (SSSR count). The molecule has 0 heterocycles. The molecule has 0 radical (unpaired) electrons. The number of halogens is 3. The summed E-state index contributed by atoms with van der Waals surface area (Å²) in [5.74, 6) is -2.26. The summed E-state index contributed by atoms with van der Waals surface area (Å²) in [6.45, 7) is 1.74. The minimum absolute atomic E-state index is 0.192. The standard InChI is InChI=1S/C15H13F3N2S/c1-9(10-6-7-11(16)13(18)8-10)19-15(21)20-14-5-3-2-4-12(14)17/h2-9H,1H3,(H2,19,20,21)/t9-/m0/s1. The Morgan fingerprint density at radius 3 is 2.38 bits per heavy atom. The summed E-state index contributed by atoms with van der Waals surface area (Å²) >= 11 is 5.07. The van der Waals surface area contributed by atoms with E-state index in [4.69, 9.17) is 12.2 Å². The average Bonchev–Trinajstić information content (AvgIpc) is 2.44. The molecule has 0 amide bonds. The molecule has 0 aliphatic rings. The fraction of sp³-hybridized carbons (Fsp3) is 0.133. The second-order valence-electron chi connectivity index (χ2n) is 4.47. The Hall–Kier alpha value is -2.08. The van der Waals surface area contributed by atoms with Crippen LogP contribution in [0.25, 0.3) is 0 Å². The lowest BCUT2D eigenvalue weighted by Crippen LogP contribution is -2.31. The Morgan fingerprint density at radius 2 is 1.71 bits per heavy atom. The van der Waals surface area contributed by atoms with E-state index in [0.717, 1.165) is 12.1 Å². The second kappa shape index (κ2) is 6.58. The number of para-hydroxylation sites is 1. The van der Waals surface area contributed by atoms with Crippen LogP contribution in [0.3, 0.4) is 0 Å². The zero-order valence-corrected chi connectivity index (χ0v) is 12.0. The molecule has 2 nitrogen and oxygen atoms in total. The summed E-state index contributed by atoms with van der Waals surface area (Å²) in [6.07, 6.45) is 0. The molecule has 0 saturated heterocycles. The van der Waals surface area contributed by atoms with Gasteiger partial charge in [-0.15, -0.1) is 0 Å². The van der Waals surface area contributed by atoms with E-state index in [9.17, 15) is 13.2 Å². The van der Waals surface area contributed by atoms with Crippen molar-refractivity contribution in [2.75, 3.05) is 5.32 Å². The summed E-state index contributed by atoms with van der Waals surface area (Å²) in [5.41, 5.74) is 0.777. The first kappa shape index (κ1) is 15.3. The molecule has 0 unspecified atom stereocenters. The minimum atomic E-state index is -0.922. The summed E-state index contributed by atoms with van der Waals surface area (Å²) in [7, 11) is 0. The Morgan fingerprint density at radius 1 is 1.00 bits per heavy atom. The van der Waals surface area contributed by atoms with Crippen molar-refractivity contribution in [1.82, 2.24) is 5.32 Å². The van der Waals surface area contributed by atoms with E-state index < -0.39 is 17.5 Å². The van der Waals surface area contributed by atoms with Gasteiger partial charge in [-0.2, -0.15) is 0 Å². The molecule has 21 heavy (non-hydrogen) atoms. The molecule has 0 fully saturated rings. The predicted octanol–water partition coefficient (Wildman–Crippen LogP) is 4.15. The maximum atomic E-state index is 13.5. The van der Waals surface area contributed by atoms with E-state index in [1.807, 2.05) is 0 Å². The number of hydrogen-bond donors (Lipinski definition) is 2. The highest BCUT2D eigenvalue weighted by molar-refractivity contribution is 7.80. The lowest BCUT2D eigenvalue weighted by Gasteiger charge is -2.17. The van der Waals surface area contributed by atoms with Crippen LogP contribution in [0.2, 0.25) is 0 Å². The fourth-order valence-corrected chi connectivity index (χ4v) is 2.07. The van der Waals surface area contributed by atoms with Gasteiger partial charge in [0.1, 0.15) is 5.82 Å². The number of benzene rings is 2. The van der Waals surface area contributed by atoms with E-state index >= 15 is 0 Å². The maximum Gasteiger partial charge on any atom is 0.171 e. The molecule has 0 spiro atoms. The van der Waals surface area contributed by atoms with Gasteiger partial charge in [0.25, 0.3) is 0 Å². The first-order valence-corrected chi connectivity index (χ1v) is 6.65. The zero-order valence-electron chi connectivity index (χ0n) is 11.2. The van der Waals surface area contributed by atoms with Crippen LogP contribution >= 0.6 is 12.2 Å². The van der Waals surface area contributed by atoms with Crippen LogP contribution in [0.1, 0.15) is 18.5 Å². The van der Waals surface area contributed by atoms with Crippen molar-refractivity contribution in [3.8, 4) is 0 Å². The fourth-order valence-electron chi connectivity index (χ4n) is 1.78. The molecule has 0 bridgehead atoms. The highest BCUT2D eigenvalue weighted by Crippen LogP contribution is 2.17. The van der Waals surface area contributed by atoms with Crippen molar-refractivity contribution >= 4 is 23.0 Å². The van der Waals surface area contributed by atoms with Crippen molar-refractivity contribution in [2.24, 2.45) is 0 Å². The number of anilines is 1. The average molecular weight is 310 g/mol. The molecule has 2 aromatic rings. The molecule has 2 N–H and O–H groups in total. The van der Waals surface area contributed by atoms with Crippen LogP contribution in [0, 0.1) is 17.5 Å².